The van der Waals surface area contributed by atoms with Crippen LogP contribution in [0.25, 0.3) is 0 Å². The molecule has 4 aliphatic carbocycles. The monoisotopic (exact) mass is 368 g/mol. The molecule has 2 N–H and O–H groups in total. The van der Waals surface area contributed by atoms with Crippen molar-refractivity contribution in [3.05, 3.63) is 25.7 Å². The lowest BCUT2D eigenvalue weighted by atomic mass is 9.41. The summed E-state index contributed by atoms with van der Waals surface area (Å²) in [6.45, 7) is 8.09. The number of hydrogen-bond donors (Lipinski definition) is 2. The molecule has 4 rings (SSSR count). The first kappa shape index (κ1) is 19.7. The van der Waals surface area contributed by atoms with Crippen molar-refractivity contribution in [3.8, 4) is 0 Å². The van der Waals surface area contributed by atoms with Gasteiger partial charge in [0.2, 0.25) is 0 Å². The number of hydrogen-bond acceptors (Lipinski definition) is 6. The summed E-state index contributed by atoms with van der Waals surface area (Å²) >= 11 is 0. The van der Waals surface area contributed by atoms with Crippen molar-refractivity contribution in [1.82, 2.24) is 0 Å². The molecule has 0 spiro atoms. The summed E-state index contributed by atoms with van der Waals surface area (Å²) in [5.74, 6) is 1.18. The fourth-order valence-electron chi connectivity index (χ4n) is 6.62. The van der Waals surface area contributed by atoms with Crippen molar-refractivity contribution in [3.63, 3.8) is 0 Å². The van der Waals surface area contributed by atoms with E-state index in [1.807, 2.05) is 0 Å². The fraction of sp³-hybridized carbons (Fsp3) is 0.800. The maximum absolute atomic E-state index is 9.65. The van der Waals surface area contributed by atoms with Gasteiger partial charge in [-0.25, -0.2) is 9.78 Å². The molecular weight excluding hydrogens is 336 g/mol. The molecule has 0 radical (unpaired) electrons. The maximum Gasteiger partial charge on any atom is 0.102 e. The molecule has 6 nitrogen and oxygen atoms in total. The molecule has 0 heterocycles. The predicted octanol–water partition coefficient (Wildman–Crippen LogP) is 4.39. The highest BCUT2D eigenvalue weighted by Gasteiger charge is 2.62. The molecule has 148 valence electrons. The predicted molar refractivity (Wildman–Crippen MR) is 96.1 cm³/mol. The van der Waals surface area contributed by atoms with Crippen LogP contribution in [0.1, 0.15) is 51.4 Å². The zero-order chi connectivity index (χ0) is 18.6. The Balaban J connectivity index is 1.78. The van der Waals surface area contributed by atoms with Crippen LogP contribution in [0.2, 0.25) is 0 Å². The molecule has 6 heteroatoms. The second kappa shape index (κ2) is 8.30. The Bertz CT molecular complexity index is 439. The van der Waals surface area contributed by atoms with Crippen LogP contribution >= 0.6 is 0 Å². The van der Waals surface area contributed by atoms with Crippen molar-refractivity contribution < 1.29 is 29.8 Å². The van der Waals surface area contributed by atoms with Crippen LogP contribution in [-0.2, 0) is 19.2 Å². The zero-order valence-electron chi connectivity index (χ0n) is 15.5. The average molecular weight is 368 g/mol. The van der Waals surface area contributed by atoms with Gasteiger partial charge in [0.25, 0.3) is 0 Å². The van der Waals surface area contributed by atoms with Crippen LogP contribution in [0.4, 0.5) is 0 Å². The first-order valence-corrected chi connectivity index (χ1v) is 9.67. The second-order valence-electron chi connectivity index (χ2n) is 8.53. The third-order valence-corrected chi connectivity index (χ3v) is 7.00. The van der Waals surface area contributed by atoms with Gasteiger partial charge in [-0.2, -0.15) is 0 Å². The summed E-state index contributed by atoms with van der Waals surface area (Å²) in [7, 11) is 0. The minimum Gasteiger partial charge on any atom is -0.502 e. The van der Waals surface area contributed by atoms with E-state index in [0.29, 0.717) is 37.9 Å². The van der Waals surface area contributed by atoms with Crippen LogP contribution in [0, 0.1) is 22.7 Å². The Morgan fingerprint density at radius 1 is 0.846 bits per heavy atom. The van der Waals surface area contributed by atoms with E-state index < -0.39 is 0 Å². The van der Waals surface area contributed by atoms with Gasteiger partial charge >= 0.3 is 0 Å². The highest BCUT2D eigenvalue weighted by atomic mass is 17.1. The largest absolute Gasteiger partial charge is 0.502 e. The van der Waals surface area contributed by atoms with E-state index in [2.05, 4.69) is 13.2 Å². The molecule has 0 aromatic carbocycles. The quantitative estimate of drug-likeness (QED) is 0.230. The van der Waals surface area contributed by atoms with Crippen LogP contribution in [-0.4, -0.2) is 35.9 Å². The summed E-state index contributed by atoms with van der Waals surface area (Å²) in [4.78, 5) is 9.97. The highest BCUT2D eigenvalue weighted by Crippen LogP contribution is 2.68. The minimum absolute atomic E-state index is 0.0839. The fourth-order valence-corrected chi connectivity index (χ4v) is 6.62. The Labute approximate surface area is 155 Å². The van der Waals surface area contributed by atoms with Crippen LogP contribution in [0.3, 0.4) is 0 Å². The van der Waals surface area contributed by atoms with Crippen LogP contribution in [0.5, 0.6) is 0 Å². The molecule has 0 amide bonds. The van der Waals surface area contributed by atoms with E-state index in [9.17, 15) is 10.5 Å². The van der Waals surface area contributed by atoms with E-state index in [4.69, 9.17) is 19.2 Å². The van der Waals surface area contributed by atoms with Crippen molar-refractivity contribution >= 4 is 0 Å². The second-order valence-corrected chi connectivity index (χ2v) is 8.53. The lowest BCUT2D eigenvalue weighted by Gasteiger charge is -2.64. The van der Waals surface area contributed by atoms with E-state index >= 15 is 0 Å². The Kier molecular flexibility index (Phi) is 6.28. The summed E-state index contributed by atoms with van der Waals surface area (Å²) in [5.41, 5.74) is -0.168. The minimum atomic E-state index is -0.267. The molecular formula is C20H32O6. The van der Waals surface area contributed by atoms with E-state index in [1.54, 1.807) is 0 Å². The summed E-state index contributed by atoms with van der Waals surface area (Å²) < 4.78 is 10.5. The highest BCUT2D eigenvalue weighted by molar-refractivity contribution is 5.12. The Hall–Kier alpha value is -1.08. The van der Waals surface area contributed by atoms with E-state index in [-0.39, 0.29) is 23.0 Å². The van der Waals surface area contributed by atoms with Gasteiger partial charge in [-0.05, 0) is 50.4 Å². The van der Waals surface area contributed by atoms with Crippen molar-refractivity contribution in [2.24, 2.45) is 22.7 Å². The molecule has 4 fully saturated rings. The third-order valence-electron chi connectivity index (χ3n) is 7.00. The van der Waals surface area contributed by atoms with Gasteiger partial charge < -0.3 is 9.47 Å². The normalized spacial score (nSPS) is 37.2. The first-order valence-electron chi connectivity index (χ1n) is 9.67. The van der Waals surface area contributed by atoms with Gasteiger partial charge in [-0.3, -0.25) is 10.5 Å². The number of ether oxygens (including phenoxy) is 2. The van der Waals surface area contributed by atoms with Gasteiger partial charge in [0, 0.05) is 23.7 Å². The summed E-state index contributed by atoms with van der Waals surface area (Å²) in [6.07, 6.45) is 9.93. The molecule has 4 bridgehead atoms. The van der Waals surface area contributed by atoms with Crippen LogP contribution < -0.4 is 0 Å². The Morgan fingerprint density at radius 3 is 1.62 bits per heavy atom. The topological polar surface area (TPSA) is 77.4 Å². The number of rotatable bonds is 12. The molecule has 0 saturated heterocycles. The molecule has 2 atom stereocenters. The van der Waals surface area contributed by atoms with Gasteiger partial charge in [0.15, 0.2) is 0 Å². The lowest BCUT2D eigenvalue weighted by Crippen LogP contribution is -2.60. The standard InChI is InChI=1S/C20H32O6/c1-3-23-7-5-17(25-21)19-10-15-9-16(11-19)13-20(12-15,14-19)18(26-22)6-8-24-4-2/h3-4,15-18,21-22H,1-2,5-14H2. The molecule has 0 aliphatic heterocycles. The molecule has 4 aliphatic rings. The van der Waals surface area contributed by atoms with Crippen molar-refractivity contribution in [2.75, 3.05) is 13.2 Å². The SMILES string of the molecule is C=COCCC(OO)C12CC3CC(C1)CC(C(CCOC=C)OO)(C3)C2. The van der Waals surface area contributed by atoms with Crippen LogP contribution in [0.15, 0.2) is 25.7 Å². The smallest absolute Gasteiger partial charge is 0.102 e. The van der Waals surface area contributed by atoms with Crippen molar-refractivity contribution in [1.29, 1.82) is 0 Å². The lowest BCUT2D eigenvalue weighted by molar-refractivity contribution is -0.352. The average Bonchev–Trinajstić information content (AvgIpc) is 2.61. The molecule has 0 aromatic heterocycles. The molecule has 26 heavy (non-hydrogen) atoms. The van der Waals surface area contributed by atoms with Gasteiger partial charge in [0.05, 0.1) is 25.7 Å². The third kappa shape index (κ3) is 3.65. The summed E-state index contributed by atoms with van der Waals surface area (Å²) in [5, 5.41) is 19.3. The van der Waals surface area contributed by atoms with Gasteiger partial charge in [-0.1, -0.05) is 13.2 Å². The van der Waals surface area contributed by atoms with E-state index in [0.717, 1.165) is 32.1 Å². The maximum atomic E-state index is 9.65. The molecule has 4 saturated carbocycles. The van der Waals surface area contributed by atoms with Crippen molar-refractivity contribution in [2.45, 2.75) is 63.6 Å². The molecule has 2 unspecified atom stereocenters. The van der Waals surface area contributed by atoms with Gasteiger partial charge in [-0.15, -0.1) is 0 Å². The Morgan fingerprint density at radius 2 is 1.27 bits per heavy atom. The van der Waals surface area contributed by atoms with E-state index in [1.165, 1.54) is 18.9 Å². The van der Waals surface area contributed by atoms with Gasteiger partial charge in [0.1, 0.15) is 12.2 Å². The zero-order valence-corrected chi connectivity index (χ0v) is 15.5. The molecule has 0 aromatic rings. The summed E-state index contributed by atoms with van der Waals surface area (Å²) in [6, 6.07) is 0. The first-order chi connectivity index (χ1) is 12.6.